The van der Waals surface area contributed by atoms with Gasteiger partial charge in [0, 0.05) is 0 Å². The van der Waals surface area contributed by atoms with Gasteiger partial charge >= 0.3 is 12.2 Å². The van der Waals surface area contributed by atoms with Gasteiger partial charge in [-0.1, -0.05) is 35.2 Å². The minimum absolute atomic E-state index is 0.0319. The minimum Gasteiger partial charge on any atom is -0.479 e. The van der Waals surface area contributed by atoms with E-state index in [9.17, 15) is 27.6 Å². The molecule has 0 bridgehead atoms. The van der Waals surface area contributed by atoms with Crippen molar-refractivity contribution in [2.45, 2.75) is 6.18 Å². The number of anilines is 1. The van der Waals surface area contributed by atoms with Crippen LogP contribution in [0.3, 0.4) is 0 Å². The average molecular weight is 483 g/mol. The van der Waals surface area contributed by atoms with Gasteiger partial charge in [-0.2, -0.15) is 13.2 Å². The summed E-state index contributed by atoms with van der Waals surface area (Å²) < 4.78 is 44.5. The van der Waals surface area contributed by atoms with Crippen molar-refractivity contribution in [1.82, 2.24) is 5.32 Å². The van der Waals surface area contributed by atoms with Gasteiger partial charge in [-0.3, -0.25) is 14.9 Å². The van der Waals surface area contributed by atoms with Crippen LogP contribution in [0.5, 0.6) is 5.75 Å². The number of terminal acetylenes is 1. The molecule has 2 aromatic rings. The number of hydrogen-bond donors (Lipinski definition) is 1. The number of hydrogen-bond acceptors (Lipinski definition) is 4. The van der Waals surface area contributed by atoms with Gasteiger partial charge < -0.3 is 4.74 Å². The number of imide groups is 2. The summed E-state index contributed by atoms with van der Waals surface area (Å²) in [6.45, 7) is -0.0319. The Morgan fingerprint density at radius 2 is 1.81 bits per heavy atom. The van der Waals surface area contributed by atoms with Gasteiger partial charge in [0.1, 0.15) is 17.9 Å². The zero-order valence-electron chi connectivity index (χ0n) is 15.8. The van der Waals surface area contributed by atoms with E-state index in [1.54, 1.807) is 0 Å². The first-order valence-electron chi connectivity index (χ1n) is 8.67. The normalized spacial score (nSPS) is 15.6. The molecule has 1 aliphatic heterocycles. The Hall–Kier alpha value is -3.48. The van der Waals surface area contributed by atoms with Crippen LogP contribution in [0.2, 0.25) is 10.0 Å². The standard InChI is InChI=1S/C21H11Cl2F3N2O4/c1-2-7-32-17-6-3-11(9-15(17)23)8-13-18(29)27-20(31)28(19(13)30)16-10-12(21(24,25)26)4-5-14(16)22/h1,3-6,8-10H,7H2,(H,27,29,31)/b13-8-. The summed E-state index contributed by atoms with van der Waals surface area (Å²) in [7, 11) is 0. The molecule has 1 heterocycles. The molecule has 1 aliphatic rings. The van der Waals surface area contributed by atoms with E-state index in [2.05, 4.69) is 5.92 Å². The summed E-state index contributed by atoms with van der Waals surface area (Å²) in [4.78, 5) is 37.8. The SMILES string of the molecule is C#CCOc1ccc(/C=C2/C(=O)NC(=O)N(c3cc(C(F)(F)F)ccc3Cl)C2=O)cc1Cl. The Bertz CT molecular complexity index is 1200. The predicted octanol–water partition coefficient (Wildman–Crippen LogP) is 4.69. The van der Waals surface area contributed by atoms with Crippen molar-refractivity contribution in [2.75, 3.05) is 11.5 Å². The molecular formula is C21H11Cl2F3N2O4. The highest BCUT2D eigenvalue weighted by atomic mass is 35.5. The highest BCUT2D eigenvalue weighted by Gasteiger charge is 2.39. The Morgan fingerprint density at radius 1 is 1.09 bits per heavy atom. The summed E-state index contributed by atoms with van der Waals surface area (Å²) in [5, 5.41) is 1.74. The van der Waals surface area contributed by atoms with Crippen LogP contribution in [-0.2, 0) is 15.8 Å². The molecule has 1 fully saturated rings. The monoisotopic (exact) mass is 482 g/mol. The number of carbonyl (C=O) groups is 3. The van der Waals surface area contributed by atoms with Crippen LogP contribution in [0.25, 0.3) is 6.08 Å². The van der Waals surface area contributed by atoms with Crippen LogP contribution in [0.15, 0.2) is 42.0 Å². The quantitative estimate of drug-likeness (QED) is 0.389. The highest BCUT2D eigenvalue weighted by Crippen LogP contribution is 2.36. The molecule has 4 amide bonds. The lowest BCUT2D eigenvalue weighted by Crippen LogP contribution is -2.54. The third-order valence-electron chi connectivity index (χ3n) is 4.19. The second-order valence-corrected chi connectivity index (χ2v) is 7.12. The maximum Gasteiger partial charge on any atom is 0.416 e. The van der Waals surface area contributed by atoms with Gasteiger partial charge in [-0.25, -0.2) is 9.69 Å². The number of benzene rings is 2. The zero-order chi connectivity index (χ0) is 23.6. The third kappa shape index (κ3) is 4.72. The van der Waals surface area contributed by atoms with Gasteiger partial charge in [-0.15, -0.1) is 6.42 Å². The second-order valence-electron chi connectivity index (χ2n) is 6.30. The molecule has 0 radical (unpaired) electrons. The lowest BCUT2D eigenvalue weighted by atomic mass is 10.1. The number of nitrogens with zero attached hydrogens (tertiary/aromatic N) is 1. The van der Waals surface area contributed by atoms with E-state index in [0.29, 0.717) is 17.0 Å². The number of amides is 4. The van der Waals surface area contributed by atoms with Crippen molar-refractivity contribution in [2.24, 2.45) is 0 Å². The highest BCUT2D eigenvalue weighted by molar-refractivity contribution is 6.42. The Labute approximate surface area is 189 Å². The molecule has 0 unspecified atom stereocenters. The van der Waals surface area contributed by atoms with Crippen LogP contribution < -0.4 is 15.0 Å². The van der Waals surface area contributed by atoms with E-state index in [-0.39, 0.29) is 28.0 Å². The number of barbiturate groups is 1. The number of ether oxygens (including phenoxy) is 1. The van der Waals surface area contributed by atoms with Crippen LogP contribution >= 0.6 is 23.2 Å². The van der Waals surface area contributed by atoms with E-state index in [0.717, 1.165) is 12.1 Å². The van der Waals surface area contributed by atoms with Crippen LogP contribution in [0.4, 0.5) is 23.7 Å². The Kier molecular flexibility index (Phi) is 6.48. The second kappa shape index (κ2) is 8.94. The molecular weight excluding hydrogens is 472 g/mol. The first-order valence-corrected chi connectivity index (χ1v) is 9.42. The number of carbonyl (C=O) groups excluding carboxylic acids is 3. The van der Waals surface area contributed by atoms with Crippen molar-refractivity contribution < 1.29 is 32.3 Å². The van der Waals surface area contributed by atoms with Crippen molar-refractivity contribution in [3.8, 4) is 18.1 Å². The summed E-state index contributed by atoms with van der Waals surface area (Å²) in [5.74, 6) is 0.329. The van der Waals surface area contributed by atoms with Crippen LogP contribution in [0, 0.1) is 12.3 Å². The molecule has 2 aromatic carbocycles. The minimum atomic E-state index is -4.75. The molecule has 1 saturated heterocycles. The van der Waals surface area contributed by atoms with Crippen molar-refractivity contribution in [3.63, 3.8) is 0 Å². The lowest BCUT2D eigenvalue weighted by molar-refractivity contribution is -0.137. The van der Waals surface area contributed by atoms with E-state index in [1.807, 2.05) is 5.32 Å². The van der Waals surface area contributed by atoms with Crippen molar-refractivity contribution >= 4 is 52.8 Å². The average Bonchev–Trinajstić information content (AvgIpc) is 2.71. The fourth-order valence-corrected chi connectivity index (χ4v) is 3.19. The molecule has 0 atom stereocenters. The van der Waals surface area contributed by atoms with E-state index in [4.69, 9.17) is 34.4 Å². The molecule has 164 valence electrons. The number of nitrogens with one attached hydrogen (secondary N) is 1. The topological polar surface area (TPSA) is 75.7 Å². The van der Waals surface area contributed by atoms with Crippen molar-refractivity contribution in [1.29, 1.82) is 0 Å². The van der Waals surface area contributed by atoms with Crippen molar-refractivity contribution in [3.05, 3.63) is 63.1 Å². The zero-order valence-corrected chi connectivity index (χ0v) is 17.3. The maximum atomic E-state index is 13.1. The van der Waals surface area contributed by atoms with Crippen LogP contribution in [0.1, 0.15) is 11.1 Å². The van der Waals surface area contributed by atoms with Gasteiger partial charge in [0.25, 0.3) is 11.8 Å². The number of alkyl halides is 3. The fourth-order valence-electron chi connectivity index (χ4n) is 2.75. The molecule has 3 rings (SSSR count). The third-order valence-corrected chi connectivity index (χ3v) is 4.81. The number of rotatable bonds is 4. The van der Waals surface area contributed by atoms with E-state index in [1.165, 1.54) is 18.2 Å². The van der Waals surface area contributed by atoms with Crippen LogP contribution in [-0.4, -0.2) is 24.5 Å². The smallest absolute Gasteiger partial charge is 0.416 e. The summed E-state index contributed by atoms with van der Waals surface area (Å²) >= 11 is 12.0. The molecule has 0 saturated carbocycles. The first kappa shape index (κ1) is 23.2. The van der Waals surface area contributed by atoms with Gasteiger partial charge in [-0.05, 0) is 42.0 Å². The Morgan fingerprint density at radius 3 is 2.44 bits per heavy atom. The number of halogens is 5. The fraction of sp³-hybridized carbons (Fsp3) is 0.0952. The van der Waals surface area contributed by atoms with E-state index >= 15 is 0 Å². The van der Waals surface area contributed by atoms with E-state index < -0.39 is 40.8 Å². The molecule has 6 nitrogen and oxygen atoms in total. The molecule has 1 N–H and O–H groups in total. The summed E-state index contributed by atoms with van der Waals surface area (Å²) in [6.07, 6.45) is 1.49. The van der Waals surface area contributed by atoms with Gasteiger partial charge in [0.15, 0.2) is 0 Å². The molecule has 0 spiro atoms. The predicted molar refractivity (Wildman–Crippen MR) is 111 cm³/mol. The largest absolute Gasteiger partial charge is 0.479 e. The summed E-state index contributed by atoms with van der Waals surface area (Å²) in [6, 6.07) is 5.18. The molecule has 0 aliphatic carbocycles. The first-order chi connectivity index (χ1) is 15.0. The molecule has 32 heavy (non-hydrogen) atoms. The maximum absolute atomic E-state index is 13.1. The molecule has 0 aromatic heterocycles. The summed E-state index contributed by atoms with van der Waals surface area (Å²) in [5.41, 5.74) is -1.90. The van der Waals surface area contributed by atoms with Gasteiger partial charge in [0.05, 0.1) is 21.3 Å². The molecule has 11 heteroatoms. The van der Waals surface area contributed by atoms with Gasteiger partial charge in [0.2, 0.25) is 0 Å². The lowest BCUT2D eigenvalue weighted by Gasteiger charge is -2.27. The Balaban J connectivity index is 2.01. The number of urea groups is 1.